The first-order chi connectivity index (χ1) is 9.15. The third-order valence-corrected chi connectivity index (χ3v) is 3.68. The van der Waals surface area contributed by atoms with Crippen molar-refractivity contribution >= 4 is 22.0 Å². The van der Waals surface area contributed by atoms with Gasteiger partial charge in [0.2, 0.25) is 0 Å². The number of methoxy groups -OCH3 is 1. The minimum atomic E-state index is -0.0438. The van der Waals surface area contributed by atoms with E-state index in [1.807, 2.05) is 18.2 Å². The molecule has 1 aromatic carbocycles. The van der Waals surface area contributed by atoms with Crippen molar-refractivity contribution in [3.05, 3.63) is 28.2 Å². The number of urea groups is 1. The van der Waals surface area contributed by atoms with Gasteiger partial charge in [0, 0.05) is 23.1 Å². The Labute approximate surface area is 121 Å². The average Bonchev–Trinajstić information content (AvgIpc) is 2.77. The molecule has 5 nitrogen and oxygen atoms in total. The molecule has 1 unspecified atom stereocenters. The molecule has 104 valence electrons. The highest BCUT2D eigenvalue weighted by atomic mass is 79.9. The van der Waals surface area contributed by atoms with E-state index in [-0.39, 0.29) is 12.1 Å². The second-order valence-corrected chi connectivity index (χ2v) is 5.39. The quantitative estimate of drug-likeness (QED) is 0.867. The van der Waals surface area contributed by atoms with E-state index in [9.17, 15) is 4.79 Å². The van der Waals surface area contributed by atoms with Crippen LogP contribution in [0.1, 0.15) is 18.0 Å². The van der Waals surface area contributed by atoms with Gasteiger partial charge in [0.05, 0.1) is 13.2 Å². The maximum Gasteiger partial charge on any atom is 0.318 e. The first-order valence-corrected chi connectivity index (χ1v) is 7.04. The van der Waals surface area contributed by atoms with Gasteiger partial charge in [-0.3, -0.25) is 0 Å². The van der Waals surface area contributed by atoms with Crippen molar-refractivity contribution in [1.82, 2.24) is 10.2 Å². The number of rotatable bonds is 5. The highest BCUT2D eigenvalue weighted by Gasteiger charge is 2.30. The number of hydrogen-bond donors (Lipinski definition) is 2. The van der Waals surface area contributed by atoms with E-state index < -0.39 is 0 Å². The van der Waals surface area contributed by atoms with Gasteiger partial charge in [0.15, 0.2) is 0 Å². The Kier molecular flexibility index (Phi) is 4.66. The normalized spacial score (nSPS) is 18.6. The monoisotopic (exact) mass is 327 g/mol. The Bertz CT molecular complexity index is 467. The van der Waals surface area contributed by atoms with E-state index in [4.69, 9.17) is 10.5 Å². The molecular formula is C13H18BrN3O2. The predicted molar refractivity (Wildman–Crippen MR) is 77.2 cm³/mol. The number of carbonyl (C=O) groups excluding carboxylic acids is 1. The van der Waals surface area contributed by atoms with Gasteiger partial charge >= 0.3 is 6.03 Å². The Balaban J connectivity index is 2.15. The number of benzene rings is 1. The summed E-state index contributed by atoms with van der Waals surface area (Å²) < 4.78 is 6.32. The van der Waals surface area contributed by atoms with Gasteiger partial charge < -0.3 is 20.7 Å². The summed E-state index contributed by atoms with van der Waals surface area (Å²) in [6, 6.07) is 5.72. The summed E-state index contributed by atoms with van der Waals surface area (Å²) in [5.74, 6) is 0.786. The minimum absolute atomic E-state index is 0.0412. The van der Waals surface area contributed by atoms with E-state index in [0.29, 0.717) is 19.6 Å². The van der Waals surface area contributed by atoms with Crippen molar-refractivity contribution in [3.8, 4) is 5.75 Å². The topological polar surface area (TPSA) is 67.6 Å². The van der Waals surface area contributed by atoms with Crippen molar-refractivity contribution in [2.45, 2.75) is 12.5 Å². The number of nitrogens with one attached hydrogen (secondary N) is 1. The zero-order valence-corrected chi connectivity index (χ0v) is 12.4. The first kappa shape index (κ1) is 14.1. The van der Waals surface area contributed by atoms with Crippen LogP contribution in [0.25, 0.3) is 0 Å². The molecule has 1 atom stereocenters. The SMILES string of the molecule is COc1ccc(Br)cc1C1CN(CCCN)C(=O)N1. The van der Waals surface area contributed by atoms with Crippen molar-refractivity contribution < 1.29 is 9.53 Å². The van der Waals surface area contributed by atoms with Crippen LogP contribution in [0.15, 0.2) is 22.7 Å². The molecule has 1 aliphatic heterocycles. The maximum absolute atomic E-state index is 11.9. The highest BCUT2D eigenvalue weighted by Crippen LogP contribution is 2.31. The Morgan fingerprint density at radius 3 is 3.05 bits per heavy atom. The van der Waals surface area contributed by atoms with Gasteiger partial charge in [-0.1, -0.05) is 15.9 Å². The molecule has 0 aliphatic carbocycles. The van der Waals surface area contributed by atoms with Crippen LogP contribution in [0.5, 0.6) is 5.75 Å². The second-order valence-electron chi connectivity index (χ2n) is 4.48. The molecule has 2 amide bonds. The lowest BCUT2D eigenvalue weighted by Gasteiger charge is -2.16. The standard InChI is InChI=1S/C13H18BrN3O2/c1-19-12-4-3-9(14)7-10(12)11-8-17(6-2-5-15)13(18)16-11/h3-4,7,11H,2,5-6,8,15H2,1H3,(H,16,18). The number of halogens is 1. The highest BCUT2D eigenvalue weighted by molar-refractivity contribution is 9.10. The van der Waals surface area contributed by atoms with Gasteiger partial charge in [-0.05, 0) is 31.2 Å². The smallest absolute Gasteiger partial charge is 0.318 e. The molecule has 0 spiro atoms. The molecule has 0 aromatic heterocycles. The van der Waals surface area contributed by atoms with Crippen LogP contribution in [-0.2, 0) is 0 Å². The number of hydrogen-bond acceptors (Lipinski definition) is 3. The van der Waals surface area contributed by atoms with Crippen molar-refractivity contribution in [1.29, 1.82) is 0 Å². The Morgan fingerprint density at radius 1 is 1.58 bits per heavy atom. The molecule has 1 heterocycles. The average molecular weight is 328 g/mol. The fourth-order valence-corrected chi connectivity index (χ4v) is 2.60. The Morgan fingerprint density at radius 2 is 2.37 bits per heavy atom. The number of ether oxygens (including phenoxy) is 1. The van der Waals surface area contributed by atoms with E-state index in [2.05, 4.69) is 21.2 Å². The molecule has 19 heavy (non-hydrogen) atoms. The van der Waals surface area contributed by atoms with E-state index in [0.717, 1.165) is 22.2 Å². The largest absolute Gasteiger partial charge is 0.496 e. The molecule has 0 radical (unpaired) electrons. The van der Waals surface area contributed by atoms with E-state index in [1.165, 1.54) is 0 Å². The van der Waals surface area contributed by atoms with Crippen LogP contribution in [0.2, 0.25) is 0 Å². The summed E-state index contributed by atoms with van der Waals surface area (Å²) in [4.78, 5) is 13.7. The lowest BCUT2D eigenvalue weighted by molar-refractivity contribution is 0.217. The summed E-state index contributed by atoms with van der Waals surface area (Å²) in [5, 5.41) is 2.98. The predicted octanol–water partition coefficient (Wildman–Crippen LogP) is 1.87. The van der Waals surface area contributed by atoms with Crippen LogP contribution in [0.3, 0.4) is 0 Å². The number of nitrogens with zero attached hydrogens (tertiary/aromatic N) is 1. The molecule has 1 fully saturated rings. The van der Waals surface area contributed by atoms with Gasteiger partial charge in [-0.2, -0.15) is 0 Å². The zero-order valence-electron chi connectivity index (χ0n) is 10.9. The third kappa shape index (κ3) is 3.19. The van der Waals surface area contributed by atoms with E-state index in [1.54, 1.807) is 12.0 Å². The zero-order chi connectivity index (χ0) is 13.8. The lowest BCUT2D eigenvalue weighted by Crippen LogP contribution is -2.30. The van der Waals surface area contributed by atoms with Gasteiger partial charge in [0.25, 0.3) is 0 Å². The molecule has 1 saturated heterocycles. The van der Waals surface area contributed by atoms with E-state index >= 15 is 0 Å². The van der Waals surface area contributed by atoms with Gasteiger partial charge in [-0.15, -0.1) is 0 Å². The van der Waals surface area contributed by atoms with Crippen LogP contribution < -0.4 is 15.8 Å². The molecule has 3 N–H and O–H groups in total. The fraction of sp³-hybridized carbons (Fsp3) is 0.462. The van der Waals surface area contributed by atoms with Crippen LogP contribution >= 0.6 is 15.9 Å². The second kappa shape index (κ2) is 6.25. The molecule has 1 aliphatic rings. The fourth-order valence-electron chi connectivity index (χ4n) is 2.22. The Hall–Kier alpha value is -1.27. The van der Waals surface area contributed by atoms with Gasteiger partial charge in [0.1, 0.15) is 5.75 Å². The molecule has 0 saturated carbocycles. The van der Waals surface area contributed by atoms with Gasteiger partial charge in [-0.25, -0.2) is 4.79 Å². The molecule has 2 rings (SSSR count). The summed E-state index contributed by atoms with van der Waals surface area (Å²) in [7, 11) is 1.63. The van der Waals surface area contributed by atoms with Crippen LogP contribution in [0, 0.1) is 0 Å². The third-order valence-electron chi connectivity index (χ3n) is 3.19. The number of amides is 2. The molecule has 0 bridgehead atoms. The molecular weight excluding hydrogens is 310 g/mol. The summed E-state index contributed by atoms with van der Waals surface area (Å²) in [6.45, 7) is 1.93. The summed E-state index contributed by atoms with van der Waals surface area (Å²) in [5.41, 5.74) is 6.47. The molecule has 1 aromatic rings. The van der Waals surface area contributed by atoms with Crippen molar-refractivity contribution in [2.24, 2.45) is 5.73 Å². The number of nitrogens with two attached hydrogens (primary N) is 1. The summed E-state index contributed by atoms with van der Waals surface area (Å²) >= 11 is 3.45. The van der Waals surface area contributed by atoms with Crippen molar-refractivity contribution in [2.75, 3.05) is 26.7 Å². The van der Waals surface area contributed by atoms with Crippen LogP contribution in [-0.4, -0.2) is 37.7 Å². The lowest BCUT2D eigenvalue weighted by atomic mass is 10.1. The van der Waals surface area contributed by atoms with Crippen LogP contribution in [0.4, 0.5) is 4.79 Å². The van der Waals surface area contributed by atoms with Crippen molar-refractivity contribution in [3.63, 3.8) is 0 Å². The first-order valence-electron chi connectivity index (χ1n) is 6.24. The summed E-state index contributed by atoms with van der Waals surface area (Å²) in [6.07, 6.45) is 0.815. The molecule has 6 heteroatoms. The number of carbonyl (C=O) groups is 1. The maximum atomic E-state index is 11.9. The minimum Gasteiger partial charge on any atom is -0.496 e.